The highest BCUT2D eigenvalue weighted by molar-refractivity contribution is 5.51. The van der Waals surface area contributed by atoms with Crippen LogP contribution < -0.4 is 10.6 Å². The van der Waals surface area contributed by atoms with Gasteiger partial charge in [0.05, 0.1) is 5.56 Å². The smallest absolute Gasteiger partial charge is 0.396 e. The second kappa shape index (κ2) is 7.50. The fraction of sp³-hybridized carbons (Fsp3) is 0.571. The van der Waals surface area contributed by atoms with Gasteiger partial charge < -0.3 is 15.7 Å². The zero-order chi connectivity index (χ0) is 15.2. The zero-order valence-electron chi connectivity index (χ0n) is 11.6. The molecule has 0 unspecified atom stereocenters. The van der Waals surface area contributed by atoms with Crippen molar-refractivity contribution in [3.8, 4) is 0 Å². The summed E-state index contributed by atoms with van der Waals surface area (Å²) >= 11 is 0. The monoisotopic (exact) mass is 290 g/mol. The number of hydrogen-bond acceptors (Lipinski definition) is 3. The average molecular weight is 290 g/mol. The SMILES string of the molecule is CN(CCCCCO)c1ccc(C(F)(F)F)c(CN)c1. The van der Waals surface area contributed by atoms with E-state index in [2.05, 4.69) is 0 Å². The molecule has 0 saturated heterocycles. The molecule has 0 amide bonds. The van der Waals surface area contributed by atoms with E-state index >= 15 is 0 Å². The molecule has 0 radical (unpaired) electrons. The van der Waals surface area contributed by atoms with Crippen molar-refractivity contribution >= 4 is 5.69 Å². The Kier molecular flexibility index (Phi) is 6.29. The second-order valence-electron chi connectivity index (χ2n) is 4.75. The molecule has 0 aliphatic heterocycles. The minimum Gasteiger partial charge on any atom is -0.396 e. The highest BCUT2D eigenvalue weighted by atomic mass is 19.4. The van der Waals surface area contributed by atoms with Crippen LogP contribution in [0.4, 0.5) is 18.9 Å². The van der Waals surface area contributed by atoms with Crippen molar-refractivity contribution in [3.63, 3.8) is 0 Å². The first-order valence-corrected chi connectivity index (χ1v) is 6.62. The Morgan fingerprint density at radius 1 is 1.20 bits per heavy atom. The van der Waals surface area contributed by atoms with Crippen LogP contribution >= 0.6 is 0 Å². The van der Waals surface area contributed by atoms with Gasteiger partial charge in [0.2, 0.25) is 0 Å². The summed E-state index contributed by atoms with van der Waals surface area (Å²) in [5, 5.41) is 8.69. The fourth-order valence-electron chi connectivity index (χ4n) is 2.03. The Balaban J connectivity index is 2.77. The molecule has 6 heteroatoms. The predicted octanol–water partition coefficient (Wildman–Crippen LogP) is 2.76. The molecule has 0 fully saturated rings. The van der Waals surface area contributed by atoms with Crippen LogP contribution in [-0.2, 0) is 12.7 Å². The molecule has 0 bridgehead atoms. The first-order chi connectivity index (χ1) is 9.40. The van der Waals surface area contributed by atoms with Crippen molar-refractivity contribution < 1.29 is 18.3 Å². The summed E-state index contributed by atoms with van der Waals surface area (Å²) in [5.74, 6) is 0. The van der Waals surface area contributed by atoms with E-state index < -0.39 is 11.7 Å². The molecule has 114 valence electrons. The Labute approximate surface area is 117 Å². The summed E-state index contributed by atoms with van der Waals surface area (Å²) in [6.07, 6.45) is -1.84. The van der Waals surface area contributed by atoms with Crippen LogP contribution in [-0.4, -0.2) is 25.3 Å². The van der Waals surface area contributed by atoms with Crippen molar-refractivity contribution in [2.45, 2.75) is 32.0 Å². The molecule has 0 saturated carbocycles. The molecule has 3 nitrogen and oxygen atoms in total. The van der Waals surface area contributed by atoms with Crippen LogP contribution in [0.5, 0.6) is 0 Å². The van der Waals surface area contributed by atoms with Gasteiger partial charge in [-0.05, 0) is 43.0 Å². The molecule has 1 aromatic carbocycles. The summed E-state index contributed by atoms with van der Waals surface area (Å²) in [6.45, 7) is 0.762. The molecule has 0 aliphatic carbocycles. The molecule has 20 heavy (non-hydrogen) atoms. The van der Waals surface area contributed by atoms with E-state index in [0.29, 0.717) is 0 Å². The van der Waals surface area contributed by atoms with Gasteiger partial charge in [-0.2, -0.15) is 13.2 Å². The van der Waals surface area contributed by atoms with Gasteiger partial charge in [-0.15, -0.1) is 0 Å². The van der Waals surface area contributed by atoms with Crippen molar-refractivity contribution in [1.82, 2.24) is 0 Å². The normalized spacial score (nSPS) is 11.7. The van der Waals surface area contributed by atoms with Gasteiger partial charge in [0, 0.05) is 32.4 Å². The summed E-state index contributed by atoms with van der Waals surface area (Å²) in [5.41, 5.74) is 5.57. The molecule has 0 heterocycles. The lowest BCUT2D eigenvalue weighted by atomic mass is 10.1. The largest absolute Gasteiger partial charge is 0.416 e. The zero-order valence-corrected chi connectivity index (χ0v) is 11.6. The summed E-state index contributed by atoms with van der Waals surface area (Å²) < 4.78 is 38.3. The quantitative estimate of drug-likeness (QED) is 0.759. The summed E-state index contributed by atoms with van der Waals surface area (Å²) in [7, 11) is 1.84. The molecular weight excluding hydrogens is 269 g/mol. The van der Waals surface area contributed by atoms with Crippen LogP contribution in [0, 0.1) is 0 Å². The Morgan fingerprint density at radius 3 is 2.45 bits per heavy atom. The van der Waals surface area contributed by atoms with E-state index in [4.69, 9.17) is 10.8 Å². The Hall–Kier alpha value is -1.27. The van der Waals surface area contributed by atoms with E-state index in [1.807, 2.05) is 11.9 Å². The van der Waals surface area contributed by atoms with Gasteiger partial charge in [0.15, 0.2) is 0 Å². The van der Waals surface area contributed by atoms with Gasteiger partial charge >= 0.3 is 6.18 Å². The molecule has 0 aliphatic rings. The number of nitrogens with zero attached hydrogens (tertiary/aromatic N) is 1. The topological polar surface area (TPSA) is 49.5 Å². The lowest BCUT2D eigenvalue weighted by Crippen LogP contribution is -2.20. The second-order valence-corrected chi connectivity index (χ2v) is 4.75. The van der Waals surface area contributed by atoms with Crippen LogP contribution in [0.2, 0.25) is 0 Å². The molecule has 0 atom stereocenters. The summed E-state index contributed by atoms with van der Waals surface area (Å²) in [6, 6.07) is 4.05. The van der Waals surface area contributed by atoms with E-state index in [-0.39, 0.29) is 18.7 Å². The number of rotatable bonds is 7. The lowest BCUT2D eigenvalue weighted by Gasteiger charge is -2.21. The van der Waals surface area contributed by atoms with Gasteiger partial charge in [-0.25, -0.2) is 0 Å². The molecule has 3 N–H and O–H groups in total. The van der Waals surface area contributed by atoms with E-state index in [9.17, 15) is 13.2 Å². The van der Waals surface area contributed by atoms with Crippen molar-refractivity contribution in [2.24, 2.45) is 5.73 Å². The molecule has 0 aromatic heterocycles. The average Bonchev–Trinajstić information content (AvgIpc) is 2.41. The number of alkyl halides is 3. The van der Waals surface area contributed by atoms with E-state index in [1.165, 1.54) is 12.1 Å². The van der Waals surface area contributed by atoms with Crippen molar-refractivity contribution in [3.05, 3.63) is 29.3 Å². The highest BCUT2D eigenvalue weighted by Crippen LogP contribution is 2.33. The summed E-state index contributed by atoms with van der Waals surface area (Å²) in [4.78, 5) is 1.90. The first kappa shape index (κ1) is 16.8. The van der Waals surface area contributed by atoms with Crippen LogP contribution in [0.3, 0.4) is 0 Å². The van der Waals surface area contributed by atoms with E-state index in [1.54, 1.807) is 0 Å². The third-order valence-corrected chi connectivity index (χ3v) is 3.21. The van der Waals surface area contributed by atoms with Crippen LogP contribution in [0.15, 0.2) is 18.2 Å². The Bertz CT molecular complexity index is 421. The lowest BCUT2D eigenvalue weighted by molar-refractivity contribution is -0.138. The number of aliphatic hydroxyl groups is 1. The number of nitrogens with two attached hydrogens (primary N) is 1. The number of unbranched alkanes of at least 4 members (excludes halogenated alkanes) is 2. The minimum atomic E-state index is -4.37. The molecule has 1 aromatic rings. The minimum absolute atomic E-state index is 0.109. The highest BCUT2D eigenvalue weighted by Gasteiger charge is 2.33. The number of benzene rings is 1. The molecule has 0 spiro atoms. The maximum Gasteiger partial charge on any atom is 0.416 e. The third-order valence-electron chi connectivity index (χ3n) is 3.21. The standard InChI is InChI=1S/C14H21F3N2O/c1-19(7-3-2-4-8-20)12-5-6-13(14(15,16)17)11(9-12)10-18/h5-6,9,20H,2-4,7-8,10,18H2,1H3. The molecular formula is C14H21F3N2O. The van der Waals surface area contributed by atoms with Crippen molar-refractivity contribution in [2.75, 3.05) is 25.1 Å². The fourth-order valence-corrected chi connectivity index (χ4v) is 2.03. The maximum atomic E-state index is 12.8. The van der Waals surface area contributed by atoms with Gasteiger partial charge in [0.25, 0.3) is 0 Å². The van der Waals surface area contributed by atoms with Gasteiger partial charge in [-0.3, -0.25) is 0 Å². The van der Waals surface area contributed by atoms with Gasteiger partial charge in [0.1, 0.15) is 0 Å². The number of aliphatic hydroxyl groups excluding tert-OH is 1. The van der Waals surface area contributed by atoms with Crippen LogP contribution in [0.25, 0.3) is 0 Å². The number of anilines is 1. The van der Waals surface area contributed by atoms with Gasteiger partial charge in [-0.1, -0.05) is 0 Å². The number of halogens is 3. The Morgan fingerprint density at radius 2 is 1.90 bits per heavy atom. The molecule has 1 rings (SSSR count). The van der Waals surface area contributed by atoms with Crippen LogP contribution in [0.1, 0.15) is 30.4 Å². The van der Waals surface area contributed by atoms with Crippen molar-refractivity contribution in [1.29, 1.82) is 0 Å². The maximum absolute atomic E-state index is 12.8. The predicted molar refractivity (Wildman–Crippen MR) is 73.5 cm³/mol. The number of hydrogen-bond donors (Lipinski definition) is 2. The van der Waals surface area contributed by atoms with E-state index in [0.717, 1.165) is 37.6 Å². The first-order valence-electron chi connectivity index (χ1n) is 6.62. The third kappa shape index (κ3) is 4.68.